The minimum absolute atomic E-state index is 0.749. The Balaban J connectivity index is 1.90. The van der Waals surface area contributed by atoms with E-state index >= 15 is 0 Å². The van der Waals surface area contributed by atoms with Crippen molar-refractivity contribution in [2.45, 2.75) is 17.2 Å². The Bertz CT molecular complexity index is 465. The van der Waals surface area contributed by atoms with Gasteiger partial charge in [0, 0.05) is 11.4 Å². The van der Waals surface area contributed by atoms with Gasteiger partial charge in [0.1, 0.15) is 0 Å². The first-order valence-electron chi connectivity index (χ1n) is 5.37. The number of tetrazole rings is 1. The molecule has 0 unspecified atom stereocenters. The van der Waals surface area contributed by atoms with Crippen LogP contribution in [0.5, 0.6) is 0 Å². The summed E-state index contributed by atoms with van der Waals surface area (Å²) in [6.45, 7) is 0.899. The highest BCUT2D eigenvalue weighted by Gasteiger charge is 2.01. The minimum Gasteiger partial charge on any atom is -0.316 e. The van der Waals surface area contributed by atoms with Crippen LogP contribution in [0.15, 0.2) is 29.2 Å². The molecule has 0 radical (unpaired) electrons. The first kappa shape index (κ1) is 12.1. The van der Waals surface area contributed by atoms with Crippen molar-refractivity contribution in [3.63, 3.8) is 0 Å². The van der Waals surface area contributed by atoms with E-state index < -0.39 is 0 Å². The Hall–Kier alpha value is -1.40. The molecule has 90 valence electrons. The third-order valence-electron chi connectivity index (χ3n) is 2.22. The lowest BCUT2D eigenvalue weighted by molar-refractivity contribution is 0.628. The van der Waals surface area contributed by atoms with Crippen molar-refractivity contribution >= 4 is 11.8 Å². The fourth-order valence-corrected chi connectivity index (χ4v) is 2.18. The standard InChI is InChI=1S/C11H15N5S/c1-12-7-9-3-5-10(6-4-9)17-8-11-13-15-16(2)14-11/h3-6,12H,7-8H2,1-2H3. The molecular formula is C11H15N5S. The van der Waals surface area contributed by atoms with E-state index in [1.54, 1.807) is 18.8 Å². The van der Waals surface area contributed by atoms with E-state index in [9.17, 15) is 0 Å². The number of aryl methyl sites for hydroxylation is 1. The first-order chi connectivity index (χ1) is 8.28. The highest BCUT2D eigenvalue weighted by atomic mass is 32.2. The molecule has 2 rings (SSSR count). The van der Waals surface area contributed by atoms with Gasteiger partial charge in [-0.2, -0.15) is 4.80 Å². The number of benzene rings is 1. The van der Waals surface area contributed by atoms with Gasteiger partial charge in [-0.05, 0) is 30.0 Å². The van der Waals surface area contributed by atoms with Gasteiger partial charge < -0.3 is 5.32 Å². The smallest absolute Gasteiger partial charge is 0.184 e. The van der Waals surface area contributed by atoms with Crippen molar-refractivity contribution in [1.82, 2.24) is 25.5 Å². The summed E-state index contributed by atoms with van der Waals surface area (Å²) >= 11 is 1.71. The van der Waals surface area contributed by atoms with Gasteiger partial charge in [-0.1, -0.05) is 12.1 Å². The Kier molecular flexibility index (Phi) is 4.11. The van der Waals surface area contributed by atoms with E-state index in [-0.39, 0.29) is 0 Å². The molecule has 2 aromatic rings. The number of nitrogens with zero attached hydrogens (tertiary/aromatic N) is 4. The molecule has 0 saturated carbocycles. The molecule has 0 aliphatic rings. The Labute approximate surface area is 105 Å². The van der Waals surface area contributed by atoms with Crippen LogP contribution < -0.4 is 5.32 Å². The highest BCUT2D eigenvalue weighted by molar-refractivity contribution is 7.98. The fourth-order valence-electron chi connectivity index (χ4n) is 1.44. The molecule has 0 aliphatic heterocycles. The molecule has 0 aliphatic carbocycles. The van der Waals surface area contributed by atoms with E-state index in [0.717, 1.165) is 18.1 Å². The normalized spacial score (nSPS) is 10.7. The summed E-state index contributed by atoms with van der Waals surface area (Å²) in [4.78, 5) is 2.70. The predicted octanol–water partition coefficient (Wildman–Crippen LogP) is 1.22. The van der Waals surface area contributed by atoms with Gasteiger partial charge in [-0.25, -0.2) is 0 Å². The molecule has 0 saturated heterocycles. The van der Waals surface area contributed by atoms with Crippen molar-refractivity contribution < 1.29 is 0 Å². The second-order valence-electron chi connectivity index (χ2n) is 3.66. The first-order valence-corrected chi connectivity index (χ1v) is 6.35. The maximum Gasteiger partial charge on any atom is 0.184 e. The van der Waals surface area contributed by atoms with E-state index in [0.29, 0.717) is 0 Å². The van der Waals surface area contributed by atoms with Crippen LogP contribution in [0.3, 0.4) is 0 Å². The van der Waals surface area contributed by atoms with Gasteiger partial charge in [-0.15, -0.1) is 22.0 Å². The Morgan fingerprint density at radius 1 is 1.29 bits per heavy atom. The molecule has 0 amide bonds. The molecule has 0 bridgehead atoms. The van der Waals surface area contributed by atoms with Crippen LogP contribution in [0.4, 0.5) is 0 Å². The van der Waals surface area contributed by atoms with Crippen molar-refractivity contribution in [2.24, 2.45) is 7.05 Å². The maximum absolute atomic E-state index is 4.14. The molecular weight excluding hydrogens is 234 g/mol. The average molecular weight is 249 g/mol. The Morgan fingerprint density at radius 3 is 2.65 bits per heavy atom. The fraction of sp³-hybridized carbons (Fsp3) is 0.364. The van der Waals surface area contributed by atoms with E-state index in [4.69, 9.17) is 0 Å². The van der Waals surface area contributed by atoms with Crippen LogP contribution in [-0.4, -0.2) is 27.3 Å². The van der Waals surface area contributed by atoms with E-state index in [2.05, 4.69) is 45.0 Å². The monoisotopic (exact) mass is 249 g/mol. The van der Waals surface area contributed by atoms with E-state index in [1.807, 2.05) is 7.05 Å². The number of hydrogen-bond acceptors (Lipinski definition) is 5. The number of aromatic nitrogens is 4. The lowest BCUT2D eigenvalue weighted by Gasteiger charge is -2.02. The van der Waals surface area contributed by atoms with Crippen LogP contribution in [0.2, 0.25) is 0 Å². The van der Waals surface area contributed by atoms with Gasteiger partial charge in [0.2, 0.25) is 0 Å². The molecule has 1 aromatic heterocycles. The van der Waals surface area contributed by atoms with Crippen molar-refractivity contribution in [3.05, 3.63) is 35.7 Å². The molecule has 0 atom stereocenters. The third kappa shape index (κ3) is 3.54. The number of rotatable bonds is 5. The number of nitrogens with one attached hydrogen (secondary N) is 1. The highest BCUT2D eigenvalue weighted by Crippen LogP contribution is 2.21. The summed E-state index contributed by atoms with van der Waals surface area (Å²) in [6.07, 6.45) is 0. The molecule has 1 aromatic carbocycles. The summed E-state index contributed by atoms with van der Waals surface area (Å²) in [6, 6.07) is 8.49. The largest absolute Gasteiger partial charge is 0.316 e. The van der Waals surface area contributed by atoms with Gasteiger partial charge in [0.15, 0.2) is 5.82 Å². The van der Waals surface area contributed by atoms with Crippen molar-refractivity contribution in [1.29, 1.82) is 0 Å². The molecule has 5 nitrogen and oxygen atoms in total. The Morgan fingerprint density at radius 2 is 2.06 bits per heavy atom. The summed E-state index contributed by atoms with van der Waals surface area (Å²) in [5.41, 5.74) is 1.29. The molecule has 17 heavy (non-hydrogen) atoms. The average Bonchev–Trinajstić information content (AvgIpc) is 2.75. The predicted molar refractivity (Wildman–Crippen MR) is 67.6 cm³/mol. The zero-order valence-electron chi connectivity index (χ0n) is 9.92. The molecule has 1 N–H and O–H groups in total. The van der Waals surface area contributed by atoms with Crippen LogP contribution in [-0.2, 0) is 19.3 Å². The summed E-state index contributed by atoms with van der Waals surface area (Å²) in [5, 5.41) is 15.0. The van der Waals surface area contributed by atoms with E-state index in [1.165, 1.54) is 15.3 Å². The zero-order chi connectivity index (χ0) is 12.1. The van der Waals surface area contributed by atoms with Gasteiger partial charge >= 0.3 is 0 Å². The minimum atomic E-state index is 0.749. The SMILES string of the molecule is CNCc1ccc(SCc2nnn(C)n2)cc1. The van der Waals surface area contributed by atoms with Gasteiger partial charge in [0.25, 0.3) is 0 Å². The second kappa shape index (κ2) is 5.79. The summed E-state index contributed by atoms with van der Waals surface area (Å²) in [7, 11) is 3.72. The van der Waals surface area contributed by atoms with Gasteiger partial charge in [-0.3, -0.25) is 0 Å². The molecule has 6 heteroatoms. The lowest BCUT2D eigenvalue weighted by Crippen LogP contribution is -2.04. The molecule has 0 spiro atoms. The lowest BCUT2D eigenvalue weighted by atomic mass is 10.2. The van der Waals surface area contributed by atoms with Crippen LogP contribution in [0.25, 0.3) is 0 Å². The maximum atomic E-state index is 4.14. The van der Waals surface area contributed by atoms with Crippen LogP contribution >= 0.6 is 11.8 Å². The topological polar surface area (TPSA) is 55.6 Å². The van der Waals surface area contributed by atoms with Crippen LogP contribution in [0.1, 0.15) is 11.4 Å². The number of thioether (sulfide) groups is 1. The van der Waals surface area contributed by atoms with Crippen molar-refractivity contribution in [3.8, 4) is 0 Å². The third-order valence-corrected chi connectivity index (χ3v) is 3.23. The van der Waals surface area contributed by atoms with Crippen molar-refractivity contribution in [2.75, 3.05) is 7.05 Å². The van der Waals surface area contributed by atoms with Crippen LogP contribution in [0, 0.1) is 0 Å². The molecule has 0 fully saturated rings. The summed E-state index contributed by atoms with van der Waals surface area (Å²) < 4.78 is 0. The summed E-state index contributed by atoms with van der Waals surface area (Å²) in [5.74, 6) is 1.51. The number of hydrogen-bond donors (Lipinski definition) is 1. The molecule has 1 heterocycles. The second-order valence-corrected chi connectivity index (χ2v) is 4.71. The van der Waals surface area contributed by atoms with Gasteiger partial charge in [0.05, 0.1) is 12.8 Å². The zero-order valence-corrected chi connectivity index (χ0v) is 10.7. The quantitative estimate of drug-likeness (QED) is 0.808.